The van der Waals surface area contributed by atoms with Crippen molar-refractivity contribution in [1.82, 2.24) is 0 Å². The maximum Gasteiger partial charge on any atom is 0.266 e. The van der Waals surface area contributed by atoms with Crippen LogP contribution < -0.4 is 10.0 Å². The molecule has 0 bridgehead atoms. The number of carbonyl (C=O) groups is 3. The molecule has 3 rings (SSSR count). The van der Waals surface area contributed by atoms with Crippen LogP contribution >= 0.6 is 0 Å². The molecule has 5 heteroatoms. The SMILES string of the molecule is Cc1cccc(N2C(=O)c3ccc(C(=O)[O-])cc3C2=O)c1. The smallest absolute Gasteiger partial charge is 0.266 e. The quantitative estimate of drug-likeness (QED) is 0.773. The van der Waals surface area contributed by atoms with Crippen molar-refractivity contribution in [3.05, 3.63) is 64.7 Å². The van der Waals surface area contributed by atoms with E-state index in [9.17, 15) is 19.5 Å². The molecule has 0 atom stereocenters. The van der Waals surface area contributed by atoms with Gasteiger partial charge in [0.1, 0.15) is 0 Å². The molecule has 0 saturated heterocycles. The number of amides is 2. The number of rotatable bonds is 2. The van der Waals surface area contributed by atoms with Crippen LogP contribution in [0.1, 0.15) is 36.6 Å². The zero-order valence-corrected chi connectivity index (χ0v) is 11.1. The fourth-order valence-corrected chi connectivity index (χ4v) is 2.37. The third-order valence-corrected chi connectivity index (χ3v) is 3.38. The summed E-state index contributed by atoms with van der Waals surface area (Å²) in [5.74, 6) is -2.36. The molecule has 2 aromatic rings. The molecule has 5 nitrogen and oxygen atoms in total. The fourth-order valence-electron chi connectivity index (χ4n) is 2.37. The molecular formula is C16H10NO4-. The Morgan fingerprint density at radius 2 is 1.71 bits per heavy atom. The van der Waals surface area contributed by atoms with Crippen LogP contribution in [0.15, 0.2) is 42.5 Å². The van der Waals surface area contributed by atoms with Crippen molar-refractivity contribution in [2.45, 2.75) is 6.92 Å². The maximum absolute atomic E-state index is 12.4. The first-order valence-electron chi connectivity index (χ1n) is 6.30. The van der Waals surface area contributed by atoms with E-state index in [4.69, 9.17) is 0 Å². The van der Waals surface area contributed by atoms with E-state index in [1.165, 1.54) is 18.2 Å². The Hall–Kier alpha value is -2.95. The van der Waals surface area contributed by atoms with Crippen molar-refractivity contribution in [1.29, 1.82) is 0 Å². The largest absolute Gasteiger partial charge is 0.545 e. The second-order valence-electron chi connectivity index (χ2n) is 4.83. The number of aryl methyl sites for hydroxylation is 1. The van der Waals surface area contributed by atoms with Crippen LogP contribution in [0.5, 0.6) is 0 Å². The van der Waals surface area contributed by atoms with Crippen molar-refractivity contribution in [3.8, 4) is 0 Å². The molecule has 2 amide bonds. The maximum atomic E-state index is 12.4. The molecular weight excluding hydrogens is 270 g/mol. The summed E-state index contributed by atoms with van der Waals surface area (Å²) in [6, 6.07) is 10.8. The van der Waals surface area contributed by atoms with Gasteiger partial charge in [-0.1, -0.05) is 18.2 Å². The number of hydrogen-bond donors (Lipinski definition) is 0. The number of aromatic carboxylic acids is 1. The predicted octanol–water partition coefficient (Wildman–Crippen LogP) is 1.16. The summed E-state index contributed by atoms with van der Waals surface area (Å²) in [6.07, 6.45) is 0. The Morgan fingerprint density at radius 3 is 2.38 bits per heavy atom. The van der Waals surface area contributed by atoms with Crippen LogP contribution in [0.3, 0.4) is 0 Å². The lowest BCUT2D eigenvalue weighted by atomic mass is 10.1. The van der Waals surface area contributed by atoms with E-state index >= 15 is 0 Å². The molecule has 0 fully saturated rings. The van der Waals surface area contributed by atoms with Gasteiger partial charge in [0.2, 0.25) is 0 Å². The highest BCUT2D eigenvalue weighted by Crippen LogP contribution is 2.29. The van der Waals surface area contributed by atoms with Gasteiger partial charge in [-0.3, -0.25) is 9.59 Å². The van der Waals surface area contributed by atoms with Crippen LogP contribution in [0.2, 0.25) is 0 Å². The van der Waals surface area contributed by atoms with Gasteiger partial charge in [0.05, 0.1) is 22.8 Å². The standard InChI is InChI=1S/C16H11NO4/c1-9-3-2-4-11(7-9)17-14(18)12-6-5-10(16(20)21)8-13(12)15(17)19/h2-8H,1H3,(H,20,21)/p-1. The Labute approximate surface area is 120 Å². The summed E-state index contributed by atoms with van der Waals surface area (Å²) < 4.78 is 0. The van der Waals surface area contributed by atoms with Crippen molar-refractivity contribution in [3.63, 3.8) is 0 Å². The number of imide groups is 1. The first-order valence-corrected chi connectivity index (χ1v) is 6.30. The van der Waals surface area contributed by atoms with Gasteiger partial charge in [-0.25, -0.2) is 4.90 Å². The lowest BCUT2D eigenvalue weighted by Gasteiger charge is -2.14. The van der Waals surface area contributed by atoms with Gasteiger partial charge in [-0.15, -0.1) is 0 Å². The van der Waals surface area contributed by atoms with Crippen LogP contribution in [-0.4, -0.2) is 17.8 Å². The number of carboxylic acid groups (broad SMARTS) is 1. The van der Waals surface area contributed by atoms with Crippen LogP contribution in [0.4, 0.5) is 5.69 Å². The second kappa shape index (κ2) is 4.56. The first-order chi connectivity index (χ1) is 9.99. The van der Waals surface area contributed by atoms with Crippen molar-refractivity contribution >= 4 is 23.5 Å². The molecule has 0 aliphatic carbocycles. The molecule has 0 N–H and O–H groups in total. The van der Waals surface area contributed by atoms with Gasteiger partial charge < -0.3 is 9.90 Å². The lowest BCUT2D eigenvalue weighted by Crippen LogP contribution is -2.29. The van der Waals surface area contributed by atoms with Crippen LogP contribution in [0.25, 0.3) is 0 Å². The summed E-state index contributed by atoms with van der Waals surface area (Å²) in [7, 11) is 0. The number of fused-ring (bicyclic) bond motifs is 1. The highest BCUT2D eigenvalue weighted by atomic mass is 16.4. The second-order valence-corrected chi connectivity index (χ2v) is 4.83. The van der Waals surface area contributed by atoms with Crippen molar-refractivity contribution in [2.75, 3.05) is 4.90 Å². The number of carboxylic acids is 1. The first kappa shape index (κ1) is 13.1. The lowest BCUT2D eigenvalue weighted by molar-refractivity contribution is -0.255. The monoisotopic (exact) mass is 280 g/mol. The van der Waals surface area contributed by atoms with E-state index in [1.54, 1.807) is 18.2 Å². The van der Waals surface area contributed by atoms with Gasteiger partial charge in [0, 0.05) is 0 Å². The minimum absolute atomic E-state index is 0.0863. The van der Waals surface area contributed by atoms with Gasteiger partial charge in [0.25, 0.3) is 11.8 Å². The van der Waals surface area contributed by atoms with E-state index < -0.39 is 17.8 Å². The summed E-state index contributed by atoms with van der Waals surface area (Å²) >= 11 is 0. The average Bonchev–Trinajstić information content (AvgIpc) is 2.70. The zero-order valence-electron chi connectivity index (χ0n) is 11.1. The van der Waals surface area contributed by atoms with Crippen molar-refractivity contribution < 1.29 is 19.5 Å². The molecule has 0 aromatic heterocycles. The predicted molar refractivity (Wildman–Crippen MR) is 73.1 cm³/mol. The van der Waals surface area contributed by atoms with E-state index in [-0.39, 0.29) is 16.7 Å². The minimum atomic E-state index is -1.38. The third-order valence-electron chi connectivity index (χ3n) is 3.38. The van der Waals surface area contributed by atoms with E-state index in [2.05, 4.69) is 0 Å². The highest BCUT2D eigenvalue weighted by Gasteiger charge is 2.36. The molecule has 0 spiro atoms. The molecule has 1 aliphatic heterocycles. The van der Waals surface area contributed by atoms with E-state index in [1.807, 2.05) is 13.0 Å². The topological polar surface area (TPSA) is 77.5 Å². The highest BCUT2D eigenvalue weighted by molar-refractivity contribution is 6.34. The Balaban J connectivity index is 2.10. The number of hydrogen-bond acceptors (Lipinski definition) is 4. The van der Waals surface area contributed by atoms with Gasteiger partial charge in [0.15, 0.2) is 0 Å². The third kappa shape index (κ3) is 1.99. The molecule has 0 unspecified atom stereocenters. The van der Waals surface area contributed by atoms with E-state index in [0.717, 1.165) is 10.5 Å². The average molecular weight is 280 g/mol. The minimum Gasteiger partial charge on any atom is -0.545 e. The summed E-state index contributed by atoms with van der Waals surface area (Å²) in [6.45, 7) is 1.86. The van der Waals surface area contributed by atoms with Gasteiger partial charge >= 0.3 is 0 Å². The molecule has 0 saturated carbocycles. The molecule has 1 aliphatic rings. The number of carbonyl (C=O) groups excluding carboxylic acids is 3. The Bertz CT molecular complexity index is 795. The Kier molecular flexibility index (Phi) is 2.83. The molecule has 0 radical (unpaired) electrons. The fraction of sp³-hybridized carbons (Fsp3) is 0.0625. The van der Waals surface area contributed by atoms with Crippen LogP contribution in [-0.2, 0) is 0 Å². The van der Waals surface area contributed by atoms with E-state index in [0.29, 0.717) is 5.69 Å². The van der Waals surface area contributed by atoms with Crippen molar-refractivity contribution in [2.24, 2.45) is 0 Å². The number of anilines is 1. The van der Waals surface area contributed by atoms with Gasteiger partial charge in [-0.2, -0.15) is 0 Å². The zero-order chi connectivity index (χ0) is 15.1. The summed E-state index contributed by atoms with van der Waals surface area (Å²) in [5.41, 5.74) is 1.55. The molecule has 2 aromatic carbocycles. The van der Waals surface area contributed by atoms with Crippen LogP contribution in [0, 0.1) is 6.92 Å². The normalized spacial score (nSPS) is 13.5. The number of benzene rings is 2. The molecule has 21 heavy (non-hydrogen) atoms. The molecule has 104 valence electrons. The molecule has 1 heterocycles. The van der Waals surface area contributed by atoms with Gasteiger partial charge in [-0.05, 0) is 42.3 Å². The summed E-state index contributed by atoms with van der Waals surface area (Å²) in [5, 5.41) is 10.9. The number of nitrogens with zero attached hydrogens (tertiary/aromatic N) is 1. The summed E-state index contributed by atoms with van der Waals surface area (Å²) in [4.78, 5) is 36.6. The Morgan fingerprint density at radius 1 is 1.00 bits per heavy atom.